The van der Waals surface area contributed by atoms with E-state index < -0.39 is 0 Å². The number of thioether (sulfide) groups is 1. The second-order valence-electron chi connectivity index (χ2n) is 2.03. The summed E-state index contributed by atoms with van der Waals surface area (Å²) in [6.07, 6.45) is 0. The monoisotopic (exact) mass is 162 g/mol. The van der Waals surface area contributed by atoms with Crippen LogP contribution in [0.4, 0.5) is 0 Å². The van der Waals surface area contributed by atoms with Gasteiger partial charge in [-0.15, -0.1) is 17.7 Å². The van der Waals surface area contributed by atoms with Crippen molar-refractivity contribution in [3.05, 3.63) is 30.3 Å². The fourth-order valence-electron chi connectivity index (χ4n) is 0.708. The Labute approximate surface area is 72.0 Å². The van der Waals surface area contributed by atoms with Crippen molar-refractivity contribution in [2.24, 2.45) is 0 Å². The minimum absolute atomic E-state index is 0.889. The zero-order valence-electron chi connectivity index (χ0n) is 6.50. The van der Waals surface area contributed by atoms with Crippen LogP contribution in [0.15, 0.2) is 35.2 Å². The quantitative estimate of drug-likeness (QED) is 0.476. The molecular weight excluding hydrogens is 152 g/mol. The first-order valence-corrected chi connectivity index (χ1v) is 4.49. The summed E-state index contributed by atoms with van der Waals surface area (Å²) in [5, 5.41) is 0. The van der Waals surface area contributed by atoms with Gasteiger partial charge < -0.3 is 0 Å². The molecule has 0 unspecified atom stereocenters. The molecule has 0 aliphatic rings. The largest absolute Gasteiger partial charge is 0.113 e. The van der Waals surface area contributed by atoms with Crippen LogP contribution in [0.5, 0.6) is 0 Å². The first-order valence-electron chi connectivity index (χ1n) is 3.51. The van der Waals surface area contributed by atoms with Gasteiger partial charge >= 0.3 is 0 Å². The number of hydrogen-bond acceptors (Lipinski definition) is 1. The van der Waals surface area contributed by atoms with Gasteiger partial charge in [0.15, 0.2) is 0 Å². The molecule has 11 heavy (non-hydrogen) atoms. The molecule has 1 heteroatoms. The van der Waals surface area contributed by atoms with Gasteiger partial charge in [-0.05, 0) is 19.1 Å². The second-order valence-corrected chi connectivity index (χ2v) is 3.08. The normalized spacial score (nSPS) is 8.45. The maximum absolute atomic E-state index is 3.01. The van der Waals surface area contributed by atoms with E-state index in [0.29, 0.717) is 0 Å². The molecular formula is C10H10S. The summed E-state index contributed by atoms with van der Waals surface area (Å²) >= 11 is 1.77. The number of hydrogen-bond donors (Lipinski definition) is 0. The summed E-state index contributed by atoms with van der Waals surface area (Å²) < 4.78 is 0. The molecule has 0 heterocycles. The highest BCUT2D eigenvalue weighted by atomic mass is 32.2. The molecule has 0 spiro atoms. The van der Waals surface area contributed by atoms with Gasteiger partial charge in [-0.3, -0.25) is 0 Å². The standard InChI is InChI=1S/C10H10S/c1-2-3-9-11-10-7-5-4-6-8-10/h4-8H,9H2,1H3. The molecule has 0 aliphatic carbocycles. The van der Waals surface area contributed by atoms with E-state index in [0.717, 1.165) is 5.75 Å². The van der Waals surface area contributed by atoms with Crippen LogP contribution >= 0.6 is 11.8 Å². The minimum Gasteiger partial charge on any atom is -0.113 e. The van der Waals surface area contributed by atoms with Crippen molar-refractivity contribution in [1.82, 2.24) is 0 Å². The second kappa shape index (κ2) is 4.87. The lowest BCUT2D eigenvalue weighted by Gasteiger charge is -1.93. The van der Waals surface area contributed by atoms with Crippen LogP contribution in [0.25, 0.3) is 0 Å². The van der Waals surface area contributed by atoms with Crippen molar-refractivity contribution in [3.8, 4) is 11.8 Å². The molecule has 0 amide bonds. The fourth-order valence-corrected chi connectivity index (χ4v) is 1.44. The van der Waals surface area contributed by atoms with Crippen LogP contribution in [0.1, 0.15) is 6.92 Å². The van der Waals surface area contributed by atoms with Crippen LogP contribution in [-0.2, 0) is 0 Å². The maximum Gasteiger partial charge on any atom is 0.0594 e. The van der Waals surface area contributed by atoms with E-state index in [-0.39, 0.29) is 0 Å². The molecule has 1 aromatic carbocycles. The molecule has 1 aromatic rings. The highest BCUT2D eigenvalue weighted by molar-refractivity contribution is 7.99. The molecule has 0 radical (unpaired) electrons. The van der Waals surface area contributed by atoms with Crippen LogP contribution in [0.2, 0.25) is 0 Å². The molecule has 1 rings (SSSR count). The van der Waals surface area contributed by atoms with E-state index in [2.05, 4.69) is 24.0 Å². The molecule has 0 aromatic heterocycles. The van der Waals surface area contributed by atoms with Crippen LogP contribution in [0, 0.1) is 11.8 Å². The predicted molar refractivity (Wildman–Crippen MR) is 50.6 cm³/mol. The van der Waals surface area contributed by atoms with Crippen LogP contribution < -0.4 is 0 Å². The molecule has 0 nitrogen and oxygen atoms in total. The van der Waals surface area contributed by atoms with Gasteiger partial charge in [0.25, 0.3) is 0 Å². The van der Waals surface area contributed by atoms with E-state index in [9.17, 15) is 0 Å². The van der Waals surface area contributed by atoms with Gasteiger partial charge in [0.05, 0.1) is 5.75 Å². The minimum atomic E-state index is 0.889. The molecule has 0 fully saturated rings. The van der Waals surface area contributed by atoms with E-state index in [1.54, 1.807) is 11.8 Å². The van der Waals surface area contributed by atoms with Gasteiger partial charge in [-0.1, -0.05) is 24.1 Å². The summed E-state index contributed by atoms with van der Waals surface area (Å²) in [7, 11) is 0. The average molecular weight is 162 g/mol. The van der Waals surface area contributed by atoms with Crippen molar-refractivity contribution >= 4 is 11.8 Å². The van der Waals surface area contributed by atoms with Crippen molar-refractivity contribution in [3.63, 3.8) is 0 Å². The Morgan fingerprint density at radius 3 is 2.64 bits per heavy atom. The summed E-state index contributed by atoms with van der Waals surface area (Å²) in [6.45, 7) is 1.87. The van der Waals surface area contributed by atoms with Gasteiger partial charge in [-0.25, -0.2) is 0 Å². The lowest BCUT2D eigenvalue weighted by molar-refractivity contribution is 1.46. The van der Waals surface area contributed by atoms with Gasteiger partial charge in [0.1, 0.15) is 0 Å². The molecule has 0 atom stereocenters. The van der Waals surface area contributed by atoms with E-state index in [4.69, 9.17) is 0 Å². The SMILES string of the molecule is CC#CCSc1ccccc1. The average Bonchev–Trinajstić information content (AvgIpc) is 2.07. The molecule has 0 N–H and O–H groups in total. The molecule has 0 saturated carbocycles. The third-order valence-electron chi connectivity index (χ3n) is 1.23. The fraction of sp³-hybridized carbons (Fsp3) is 0.200. The van der Waals surface area contributed by atoms with Crippen LogP contribution in [0.3, 0.4) is 0 Å². The topological polar surface area (TPSA) is 0 Å². The summed E-state index contributed by atoms with van der Waals surface area (Å²) in [6, 6.07) is 10.3. The van der Waals surface area contributed by atoms with Crippen molar-refractivity contribution in [2.45, 2.75) is 11.8 Å². The third kappa shape index (κ3) is 3.15. The summed E-state index contributed by atoms with van der Waals surface area (Å²) in [5.74, 6) is 6.77. The Hall–Kier alpha value is -0.870. The molecule has 0 aliphatic heterocycles. The van der Waals surface area contributed by atoms with Crippen molar-refractivity contribution < 1.29 is 0 Å². The molecule has 0 bridgehead atoms. The van der Waals surface area contributed by atoms with E-state index >= 15 is 0 Å². The Morgan fingerprint density at radius 2 is 2.00 bits per heavy atom. The van der Waals surface area contributed by atoms with Crippen molar-refractivity contribution in [2.75, 3.05) is 5.75 Å². The Balaban J connectivity index is 2.43. The Morgan fingerprint density at radius 1 is 1.27 bits per heavy atom. The van der Waals surface area contributed by atoms with Crippen molar-refractivity contribution in [1.29, 1.82) is 0 Å². The van der Waals surface area contributed by atoms with E-state index in [1.165, 1.54) is 4.90 Å². The Bertz CT molecular complexity index is 253. The zero-order valence-corrected chi connectivity index (χ0v) is 7.32. The first kappa shape index (κ1) is 8.23. The van der Waals surface area contributed by atoms with Gasteiger partial charge in [0.2, 0.25) is 0 Å². The first-order chi connectivity index (χ1) is 5.43. The molecule has 0 saturated heterocycles. The smallest absolute Gasteiger partial charge is 0.0594 e. The van der Waals surface area contributed by atoms with E-state index in [1.807, 2.05) is 25.1 Å². The number of benzene rings is 1. The maximum atomic E-state index is 3.01. The summed E-state index contributed by atoms with van der Waals surface area (Å²) in [4.78, 5) is 1.29. The lowest BCUT2D eigenvalue weighted by Crippen LogP contribution is -1.71. The zero-order chi connectivity index (χ0) is 7.94. The lowest BCUT2D eigenvalue weighted by atomic mass is 10.4. The summed E-state index contributed by atoms with van der Waals surface area (Å²) in [5.41, 5.74) is 0. The predicted octanol–water partition coefficient (Wildman–Crippen LogP) is 2.80. The molecule has 56 valence electrons. The third-order valence-corrected chi connectivity index (χ3v) is 2.13. The van der Waals surface area contributed by atoms with Gasteiger partial charge in [-0.2, -0.15) is 0 Å². The highest BCUT2D eigenvalue weighted by Crippen LogP contribution is 2.15. The van der Waals surface area contributed by atoms with Crippen LogP contribution in [-0.4, -0.2) is 5.75 Å². The number of rotatable bonds is 2. The highest BCUT2D eigenvalue weighted by Gasteiger charge is 1.86. The Kier molecular flexibility index (Phi) is 3.64. The van der Waals surface area contributed by atoms with Gasteiger partial charge in [0, 0.05) is 4.90 Å².